The Balaban J connectivity index is 1.65. The lowest BCUT2D eigenvalue weighted by molar-refractivity contribution is -0.0112. The number of rotatable bonds is 5. The van der Waals surface area contributed by atoms with Crippen LogP contribution in [0.4, 0.5) is 0 Å². The molecule has 1 aromatic carbocycles. The Hall–Kier alpha value is -1.65. The molecule has 0 saturated carbocycles. The minimum absolute atomic E-state index is 0.149. The van der Waals surface area contributed by atoms with Gasteiger partial charge < -0.3 is 10.1 Å². The van der Waals surface area contributed by atoms with E-state index < -0.39 is 0 Å². The van der Waals surface area contributed by atoms with Gasteiger partial charge in [0.25, 0.3) is 0 Å². The molecule has 3 rings (SSSR count). The Kier molecular flexibility index (Phi) is 4.90. The van der Waals surface area contributed by atoms with Crippen molar-refractivity contribution in [2.45, 2.75) is 51.9 Å². The van der Waals surface area contributed by atoms with Gasteiger partial charge in [-0.05, 0) is 32.3 Å². The SMILES string of the molecule is CCn1cc(CN[C@@H]2CCCO[C@H]2c2ccc(C)cc2)cn1. The summed E-state index contributed by atoms with van der Waals surface area (Å²) >= 11 is 0. The highest BCUT2D eigenvalue weighted by molar-refractivity contribution is 5.24. The van der Waals surface area contributed by atoms with Gasteiger partial charge in [0.2, 0.25) is 0 Å². The Labute approximate surface area is 132 Å². The van der Waals surface area contributed by atoms with Crippen molar-refractivity contribution in [1.82, 2.24) is 15.1 Å². The predicted octanol–water partition coefficient (Wildman–Crippen LogP) is 3.22. The first kappa shape index (κ1) is 15.3. The highest BCUT2D eigenvalue weighted by atomic mass is 16.5. The lowest BCUT2D eigenvalue weighted by Gasteiger charge is -2.33. The normalized spacial score (nSPS) is 21.9. The molecule has 1 aliphatic rings. The van der Waals surface area contributed by atoms with Crippen molar-refractivity contribution < 1.29 is 4.74 Å². The number of ether oxygens (including phenoxy) is 1. The van der Waals surface area contributed by atoms with Gasteiger partial charge >= 0.3 is 0 Å². The van der Waals surface area contributed by atoms with E-state index in [1.165, 1.54) is 16.7 Å². The summed E-state index contributed by atoms with van der Waals surface area (Å²) in [6.45, 7) is 6.83. The van der Waals surface area contributed by atoms with Gasteiger partial charge in [0, 0.05) is 37.5 Å². The summed E-state index contributed by atoms with van der Waals surface area (Å²) in [6.07, 6.45) is 6.48. The first-order chi connectivity index (χ1) is 10.8. The van der Waals surface area contributed by atoms with Crippen LogP contribution in [0.25, 0.3) is 0 Å². The molecule has 0 unspecified atom stereocenters. The van der Waals surface area contributed by atoms with Crippen LogP contribution in [0.1, 0.15) is 42.6 Å². The van der Waals surface area contributed by atoms with Crippen molar-refractivity contribution in [1.29, 1.82) is 0 Å². The van der Waals surface area contributed by atoms with E-state index >= 15 is 0 Å². The first-order valence-corrected chi connectivity index (χ1v) is 8.19. The summed E-state index contributed by atoms with van der Waals surface area (Å²) in [5.74, 6) is 0. The molecule has 0 spiro atoms. The van der Waals surface area contributed by atoms with Crippen molar-refractivity contribution in [3.05, 3.63) is 53.3 Å². The van der Waals surface area contributed by atoms with Gasteiger partial charge in [-0.2, -0.15) is 5.10 Å². The van der Waals surface area contributed by atoms with Gasteiger partial charge in [-0.15, -0.1) is 0 Å². The quantitative estimate of drug-likeness (QED) is 0.921. The van der Waals surface area contributed by atoms with Crippen molar-refractivity contribution in [3.63, 3.8) is 0 Å². The van der Waals surface area contributed by atoms with E-state index in [4.69, 9.17) is 4.74 Å². The Bertz CT molecular complexity index is 591. The van der Waals surface area contributed by atoms with Gasteiger partial charge in [-0.25, -0.2) is 0 Å². The maximum atomic E-state index is 6.05. The van der Waals surface area contributed by atoms with Crippen molar-refractivity contribution in [2.75, 3.05) is 6.61 Å². The van der Waals surface area contributed by atoms with Crippen LogP contribution >= 0.6 is 0 Å². The van der Waals surface area contributed by atoms with Crippen LogP contribution < -0.4 is 5.32 Å². The second-order valence-electron chi connectivity index (χ2n) is 6.04. The molecule has 0 bridgehead atoms. The van der Waals surface area contributed by atoms with E-state index in [0.717, 1.165) is 32.5 Å². The fraction of sp³-hybridized carbons (Fsp3) is 0.500. The number of nitrogens with zero attached hydrogens (tertiary/aromatic N) is 2. The number of hydrogen-bond acceptors (Lipinski definition) is 3. The lowest BCUT2D eigenvalue weighted by atomic mass is 9.95. The highest BCUT2D eigenvalue weighted by Gasteiger charge is 2.27. The molecule has 1 N–H and O–H groups in total. The zero-order chi connectivity index (χ0) is 15.4. The third-order valence-corrected chi connectivity index (χ3v) is 4.31. The predicted molar refractivity (Wildman–Crippen MR) is 87.6 cm³/mol. The monoisotopic (exact) mass is 299 g/mol. The molecule has 2 aromatic rings. The molecular formula is C18H25N3O. The van der Waals surface area contributed by atoms with Crippen molar-refractivity contribution >= 4 is 0 Å². The van der Waals surface area contributed by atoms with Crippen LogP contribution in [0.3, 0.4) is 0 Å². The largest absolute Gasteiger partial charge is 0.372 e. The minimum Gasteiger partial charge on any atom is -0.372 e. The molecule has 2 heterocycles. The molecule has 22 heavy (non-hydrogen) atoms. The van der Waals surface area contributed by atoms with Gasteiger partial charge in [0.05, 0.1) is 12.3 Å². The molecule has 4 nitrogen and oxygen atoms in total. The number of benzene rings is 1. The molecule has 118 valence electrons. The van der Waals surface area contributed by atoms with E-state index in [2.05, 4.69) is 54.7 Å². The minimum atomic E-state index is 0.149. The van der Waals surface area contributed by atoms with Crippen LogP contribution in [-0.4, -0.2) is 22.4 Å². The van der Waals surface area contributed by atoms with Crippen LogP contribution in [0, 0.1) is 6.92 Å². The zero-order valence-electron chi connectivity index (χ0n) is 13.5. The molecule has 0 aliphatic carbocycles. The smallest absolute Gasteiger partial charge is 0.0977 e. The van der Waals surface area contributed by atoms with E-state index in [9.17, 15) is 0 Å². The Morgan fingerprint density at radius 1 is 1.32 bits per heavy atom. The van der Waals surface area contributed by atoms with Gasteiger partial charge in [0.1, 0.15) is 0 Å². The summed E-state index contributed by atoms with van der Waals surface area (Å²) < 4.78 is 8.01. The van der Waals surface area contributed by atoms with Crippen LogP contribution in [0.2, 0.25) is 0 Å². The van der Waals surface area contributed by atoms with Crippen LogP contribution in [-0.2, 0) is 17.8 Å². The highest BCUT2D eigenvalue weighted by Crippen LogP contribution is 2.28. The zero-order valence-corrected chi connectivity index (χ0v) is 13.5. The molecule has 1 aromatic heterocycles. The molecule has 2 atom stereocenters. The molecule has 1 fully saturated rings. The summed E-state index contributed by atoms with van der Waals surface area (Å²) in [6, 6.07) is 9.07. The molecule has 0 radical (unpaired) electrons. The van der Waals surface area contributed by atoms with Crippen molar-refractivity contribution in [2.24, 2.45) is 0 Å². The first-order valence-electron chi connectivity index (χ1n) is 8.19. The Morgan fingerprint density at radius 3 is 2.86 bits per heavy atom. The summed E-state index contributed by atoms with van der Waals surface area (Å²) in [4.78, 5) is 0. The average molecular weight is 299 g/mol. The maximum absolute atomic E-state index is 6.05. The average Bonchev–Trinajstić information content (AvgIpc) is 3.02. The van der Waals surface area contributed by atoms with Crippen molar-refractivity contribution in [3.8, 4) is 0 Å². The molecule has 4 heteroatoms. The third kappa shape index (κ3) is 3.57. The van der Waals surface area contributed by atoms with E-state index in [1.807, 2.05) is 10.9 Å². The van der Waals surface area contributed by atoms with E-state index in [1.54, 1.807) is 0 Å². The molecule has 0 amide bonds. The number of aromatic nitrogens is 2. The second-order valence-corrected chi connectivity index (χ2v) is 6.04. The summed E-state index contributed by atoms with van der Waals surface area (Å²) in [5, 5.41) is 7.99. The van der Waals surface area contributed by atoms with E-state index in [0.29, 0.717) is 6.04 Å². The fourth-order valence-corrected chi connectivity index (χ4v) is 2.99. The van der Waals surface area contributed by atoms with Gasteiger partial charge in [-0.1, -0.05) is 29.8 Å². The third-order valence-electron chi connectivity index (χ3n) is 4.31. The topological polar surface area (TPSA) is 39.1 Å². The van der Waals surface area contributed by atoms with E-state index in [-0.39, 0.29) is 6.10 Å². The second kappa shape index (κ2) is 7.07. The van der Waals surface area contributed by atoms with Gasteiger partial charge in [0.15, 0.2) is 0 Å². The van der Waals surface area contributed by atoms with Gasteiger partial charge in [-0.3, -0.25) is 4.68 Å². The maximum Gasteiger partial charge on any atom is 0.0977 e. The number of aryl methyl sites for hydroxylation is 2. The van der Waals surface area contributed by atoms with Crippen LogP contribution in [0.5, 0.6) is 0 Å². The lowest BCUT2D eigenvalue weighted by Crippen LogP contribution is -2.39. The number of hydrogen-bond donors (Lipinski definition) is 1. The summed E-state index contributed by atoms with van der Waals surface area (Å²) in [5.41, 5.74) is 3.79. The Morgan fingerprint density at radius 2 is 2.14 bits per heavy atom. The molecular weight excluding hydrogens is 274 g/mol. The van der Waals surface area contributed by atoms with Crippen LogP contribution in [0.15, 0.2) is 36.7 Å². The molecule has 1 saturated heterocycles. The standard InChI is InChI=1S/C18H25N3O/c1-3-21-13-15(12-20-21)11-19-17-5-4-10-22-18(17)16-8-6-14(2)7-9-16/h6-9,12-13,17-19H,3-5,10-11H2,1-2H3/t17-,18+/m1/s1. The molecule has 1 aliphatic heterocycles. The fourth-order valence-electron chi connectivity index (χ4n) is 2.99. The summed E-state index contributed by atoms with van der Waals surface area (Å²) in [7, 11) is 0. The number of nitrogens with one attached hydrogen (secondary N) is 1.